The monoisotopic (exact) mass is 253 g/mol. The van der Waals surface area contributed by atoms with Gasteiger partial charge in [0.1, 0.15) is 0 Å². The number of carbonyl (C=O) groups is 1. The maximum atomic E-state index is 11.5. The van der Waals surface area contributed by atoms with Crippen molar-refractivity contribution in [3.05, 3.63) is 12.4 Å². The van der Waals surface area contributed by atoms with Gasteiger partial charge in [-0.2, -0.15) is 0 Å². The molecule has 1 aliphatic rings. The molecule has 1 aromatic rings. The summed E-state index contributed by atoms with van der Waals surface area (Å²) in [7, 11) is 0. The van der Waals surface area contributed by atoms with Crippen molar-refractivity contribution in [2.45, 2.75) is 25.9 Å². The standard InChI is InChI=1S/C11H19N5O2/c1-2-18-11(17)15-6-3-10(9-15)12-4-7-16-8-5-13-14-16/h5,8,10,12H,2-4,6-7,9H2,1H3. The molecule has 7 nitrogen and oxygen atoms in total. The normalized spacial score (nSPS) is 19.2. The van der Waals surface area contributed by atoms with Crippen LogP contribution < -0.4 is 5.32 Å². The van der Waals surface area contributed by atoms with E-state index >= 15 is 0 Å². The molecule has 2 rings (SSSR count). The molecule has 1 aromatic heterocycles. The quantitative estimate of drug-likeness (QED) is 0.805. The molecule has 0 aromatic carbocycles. The smallest absolute Gasteiger partial charge is 0.409 e. The Kier molecular flexibility index (Phi) is 4.52. The summed E-state index contributed by atoms with van der Waals surface area (Å²) in [6.45, 7) is 5.35. The highest BCUT2D eigenvalue weighted by Gasteiger charge is 2.26. The van der Waals surface area contributed by atoms with Crippen LogP contribution in [0.5, 0.6) is 0 Å². The summed E-state index contributed by atoms with van der Waals surface area (Å²) in [6, 6.07) is 0.345. The van der Waals surface area contributed by atoms with Gasteiger partial charge in [0, 0.05) is 31.9 Å². The highest BCUT2D eigenvalue weighted by Crippen LogP contribution is 2.10. The van der Waals surface area contributed by atoms with Crippen LogP contribution in [-0.2, 0) is 11.3 Å². The predicted octanol–water partition coefficient (Wildman–Crippen LogP) is 0.0985. The van der Waals surface area contributed by atoms with Crippen LogP contribution in [-0.4, -0.2) is 58.3 Å². The van der Waals surface area contributed by atoms with Crippen LogP contribution in [0.15, 0.2) is 12.4 Å². The summed E-state index contributed by atoms with van der Waals surface area (Å²) in [5.41, 5.74) is 0. The van der Waals surface area contributed by atoms with Gasteiger partial charge in [0.05, 0.1) is 19.3 Å². The van der Waals surface area contributed by atoms with E-state index in [4.69, 9.17) is 4.74 Å². The van der Waals surface area contributed by atoms with Crippen LogP contribution >= 0.6 is 0 Å². The highest BCUT2D eigenvalue weighted by molar-refractivity contribution is 5.68. The van der Waals surface area contributed by atoms with E-state index in [0.717, 1.165) is 32.6 Å². The summed E-state index contributed by atoms with van der Waals surface area (Å²) >= 11 is 0. The Bertz CT molecular complexity index is 368. The Balaban J connectivity index is 1.65. The number of nitrogens with zero attached hydrogens (tertiary/aromatic N) is 4. The number of carbonyl (C=O) groups excluding carboxylic acids is 1. The second-order valence-electron chi connectivity index (χ2n) is 4.25. The van der Waals surface area contributed by atoms with E-state index in [9.17, 15) is 4.79 Å². The molecule has 0 spiro atoms. The largest absolute Gasteiger partial charge is 0.450 e. The topological polar surface area (TPSA) is 72.3 Å². The third-order valence-corrected chi connectivity index (χ3v) is 2.96. The molecule has 7 heteroatoms. The summed E-state index contributed by atoms with van der Waals surface area (Å²) in [6.07, 6.45) is 4.26. The van der Waals surface area contributed by atoms with Crippen molar-refractivity contribution in [3.8, 4) is 0 Å². The van der Waals surface area contributed by atoms with E-state index in [1.165, 1.54) is 0 Å². The zero-order chi connectivity index (χ0) is 12.8. The Morgan fingerprint density at radius 3 is 3.22 bits per heavy atom. The van der Waals surface area contributed by atoms with Crippen LogP contribution in [0.3, 0.4) is 0 Å². The maximum absolute atomic E-state index is 11.5. The van der Waals surface area contributed by atoms with Gasteiger partial charge in [-0.15, -0.1) is 5.10 Å². The molecule has 1 unspecified atom stereocenters. The van der Waals surface area contributed by atoms with Gasteiger partial charge >= 0.3 is 6.09 Å². The summed E-state index contributed by atoms with van der Waals surface area (Å²) in [4.78, 5) is 13.3. The van der Waals surface area contributed by atoms with Gasteiger partial charge in [-0.1, -0.05) is 5.21 Å². The van der Waals surface area contributed by atoms with Crippen molar-refractivity contribution < 1.29 is 9.53 Å². The third-order valence-electron chi connectivity index (χ3n) is 2.96. The van der Waals surface area contributed by atoms with Gasteiger partial charge in [-0.25, -0.2) is 4.79 Å². The lowest BCUT2D eigenvalue weighted by Crippen LogP contribution is -2.36. The second-order valence-corrected chi connectivity index (χ2v) is 4.25. The first-order chi connectivity index (χ1) is 8.79. The van der Waals surface area contributed by atoms with Gasteiger partial charge in [-0.3, -0.25) is 4.68 Å². The van der Waals surface area contributed by atoms with Crippen LogP contribution in [0.25, 0.3) is 0 Å². The van der Waals surface area contributed by atoms with Crippen LogP contribution in [0.2, 0.25) is 0 Å². The average molecular weight is 253 g/mol. The zero-order valence-corrected chi connectivity index (χ0v) is 10.6. The Labute approximate surface area is 106 Å². The summed E-state index contributed by atoms with van der Waals surface area (Å²) in [5.74, 6) is 0. The van der Waals surface area contributed by atoms with Crippen molar-refractivity contribution >= 4 is 6.09 Å². The van der Waals surface area contributed by atoms with E-state index in [2.05, 4.69) is 15.6 Å². The lowest BCUT2D eigenvalue weighted by molar-refractivity contribution is 0.115. The first-order valence-electron chi connectivity index (χ1n) is 6.28. The first kappa shape index (κ1) is 12.8. The number of likely N-dealkylation sites (tertiary alicyclic amines) is 1. The number of hydrogen-bond donors (Lipinski definition) is 1. The van der Waals surface area contributed by atoms with E-state index < -0.39 is 0 Å². The van der Waals surface area contributed by atoms with Crippen molar-refractivity contribution in [1.29, 1.82) is 0 Å². The molecule has 0 saturated carbocycles. The molecule has 1 amide bonds. The minimum Gasteiger partial charge on any atom is -0.450 e. The average Bonchev–Trinajstić information content (AvgIpc) is 3.00. The molecule has 1 saturated heterocycles. The SMILES string of the molecule is CCOC(=O)N1CCC(NCCn2ccnn2)C1. The fourth-order valence-electron chi connectivity index (χ4n) is 2.04. The molecule has 100 valence electrons. The first-order valence-corrected chi connectivity index (χ1v) is 6.28. The van der Waals surface area contributed by atoms with Crippen molar-refractivity contribution in [2.75, 3.05) is 26.2 Å². The summed E-state index contributed by atoms with van der Waals surface area (Å²) in [5, 5.41) is 11.0. The molecule has 18 heavy (non-hydrogen) atoms. The Hall–Kier alpha value is -1.63. The number of amides is 1. The summed E-state index contributed by atoms with van der Waals surface area (Å²) < 4.78 is 6.76. The maximum Gasteiger partial charge on any atom is 0.409 e. The molecular formula is C11H19N5O2. The molecule has 0 radical (unpaired) electrons. The lowest BCUT2D eigenvalue weighted by atomic mass is 10.2. The van der Waals surface area contributed by atoms with Crippen molar-refractivity contribution in [1.82, 2.24) is 25.2 Å². The minimum atomic E-state index is -0.210. The fourth-order valence-corrected chi connectivity index (χ4v) is 2.04. The Morgan fingerprint density at radius 2 is 2.50 bits per heavy atom. The second kappa shape index (κ2) is 6.34. The molecule has 2 heterocycles. The van der Waals surface area contributed by atoms with E-state index in [-0.39, 0.29) is 6.09 Å². The number of hydrogen-bond acceptors (Lipinski definition) is 5. The van der Waals surface area contributed by atoms with Gasteiger partial charge in [-0.05, 0) is 13.3 Å². The fraction of sp³-hybridized carbons (Fsp3) is 0.727. The van der Waals surface area contributed by atoms with Crippen LogP contribution in [0.1, 0.15) is 13.3 Å². The number of ether oxygens (including phenoxy) is 1. The number of aromatic nitrogens is 3. The molecule has 0 bridgehead atoms. The van der Waals surface area contributed by atoms with Gasteiger partial charge < -0.3 is 15.0 Å². The third kappa shape index (κ3) is 3.43. The van der Waals surface area contributed by atoms with E-state index in [1.54, 1.807) is 15.8 Å². The number of nitrogens with one attached hydrogen (secondary N) is 1. The molecule has 1 aliphatic heterocycles. The molecular weight excluding hydrogens is 234 g/mol. The predicted molar refractivity (Wildman–Crippen MR) is 65.0 cm³/mol. The lowest BCUT2D eigenvalue weighted by Gasteiger charge is -2.16. The molecule has 1 N–H and O–H groups in total. The zero-order valence-electron chi connectivity index (χ0n) is 10.6. The number of rotatable bonds is 5. The van der Waals surface area contributed by atoms with Gasteiger partial charge in [0.2, 0.25) is 0 Å². The molecule has 1 atom stereocenters. The van der Waals surface area contributed by atoms with Gasteiger partial charge in [0.25, 0.3) is 0 Å². The minimum absolute atomic E-state index is 0.210. The molecule has 1 fully saturated rings. The van der Waals surface area contributed by atoms with Crippen molar-refractivity contribution in [3.63, 3.8) is 0 Å². The van der Waals surface area contributed by atoms with Crippen LogP contribution in [0.4, 0.5) is 4.79 Å². The highest BCUT2D eigenvalue weighted by atomic mass is 16.6. The van der Waals surface area contributed by atoms with Gasteiger partial charge in [0.15, 0.2) is 0 Å². The molecule has 0 aliphatic carbocycles. The van der Waals surface area contributed by atoms with Crippen LogP contribution in [0, 0.1) is 0 Å². The Morgan fingerprint density at radius 1 is 1.61 bits per heavy atom. The van der Waals surface area contributed by atoms with E-state index in [0.29, 0.717) is 12.6 Å². The van der Waals surface area contributed by atoms with E-state index in [1.807, 2.05) is 13.1 Å². The van der Waals surface area contributed by atoms with Crippen molar-refractivity contribution in [2.24, 2.45) is 0 Å².